The number of rotatable bonds is 3. The number of thiophene rings is 1. The monoisotopic (exact) mass is 213 g/mol. The second kappa shape index (κ2) is 3.68. The maximum atomic E-state index is 11.7. The third kappa shape index (κ3) is 1.54. The molecule has 1 saturated heterocycles. The quantitative estimate of drug-likeness (QED) is 0.777. The van der Waals surface area contributed by atoms with E-state index in [0.717, 1.165) is 5.00 Å². The molecule has 0 unspecified atom stereocenters. The molecule has 14 heavy (non-hydrogen) atoms. The zero-order valence-electron chi connectivity index (χ0n) is 7.53. The van der Waals surface area contributed by atoms with E-state index in [1.54, 1.807) is 0 Å². The highest BCUT2D eigenvalue weighted by molar-refractivity contribution is 7.14. The van der Waals surface area contributed by atoms with Crippen LogP contribution in [0.2, 0.25) is 0 Å². The molecule has 1 aliphatic rings. The normalized spacial score (nSPS) is 18.6. The third-order valence-electron chi connectivity index (χ3n) is 2.30. The topological polar surface area (TPSA) is 58.6 Å². The average molecular weight is 213 g/mol. The van der Waals surface area contributed by atoms with Crippen LogP contribution in [0, 0.1) is 5.41 Å². The Morgan fingerprint density at radius 3 is 2.93 bits per heavy atom. The molecule has 2 N–H and O–H groups in total. The highest BCUT2D eigenvalue weighted by Crippen LogP contribution is 2.29. The molecule has 1 aliphatic heterocycles. The van der Waals surface area contributed by atoms with Crippen LogP contribution in [-0.4, -0.2) is 30.8 Å². The smallest absolute Gasteiger partial charge is 0.238 e. The zero-order chi connectivity index (χ0) is 10.0. The molecule has 1 aromatic rings. The van der Waals surface area contributed by atoms with Crippen molar-refractivity contribution < 1.29 is 14.6 Å². The molecule has 5 heteroatoms. The SMILES string of the molecule is O=C(Nc1cccs1)C1(CO)COC1. The highest BCUT2D eigenvalue weighted by Gasteiger charge is 2.45. The van der Waals surface area contributed by atoms with Crippen LogP contribution in [0.15, 0.2) is 17.5 Å². The molecular formula is C9H11NO3S. The summed E-state index contributed by atoms with van der Waals surface area (Å²) in [4.78, 5) is 11.7. The maximum absolute atomic E-state index is 11.7. The van der Waals surface area contributed by atoms with Crippen molar-refractivity contribution in [3.8, 4) is 0 Å². The lowest BCUT2D eigenvalue weighted by Crippen LogP contribution is -2.54. The van der Waals surface area contributed by atoms with E-state index in [1.807, 2.05) is 17.5 Å². The van der Waals surface area contributed by atoms with Gasteiger partial charge in [-0.2, -0.15) is 0 Å². The number of hydrogen-bond acceptors (Lipinski definition) is 4. The Labute approximate surface area is 85.5 Å². The first-order valence-corrected chi connectivity index (χ1v) is 5.18. The minimum Gasteiger partial charge on any atom is -0.395 e. The van der Waals surface area contributed by atoms with Gasteiger partial charge in [-0.1, -0.05) is 0 Å². The second-order valence-corrected chi connectivity index (χ2v) is 4.31. The number of ether oxygens (including phenoxy) is 1. The lowest BCUT2D eigenvalue weighted by molar-refractivity contribution is -0.164. The first-order valence-electron chi connectivity index (χ1n) is 4.30. The van der Waals surface area contributed by atoms with Crippen molar-refractivity contribution in [1.82, 2.24) is 0 Å². The summed E-state index contributed by atoms with van der Waals surface area (Å²) in [6.45, 7) is 0.450. The minimum absolute atomic E-state index is 0.159. The van der Waals surface area contributed by atoms with Gasteiger partial charge in [0.25, 0.3) is 0 Å². The first-order chi connectivity index (χ1) is 6.77. The van der Waals surface area contributed by atoms with E-state index >= 15 is 0 Å². The van der Waals surface area contributed by atoms with Gasteiger partial charge in [0.05, 0.1) is 24.8 Å². The van der Waals surface area contributed by atoms with E-state index < -0.39 is 5.41 Å². The van der Waals surface area contributed by atoms with Gasteiger partial charge in [-0.3, -0.25) is 4.79 Å². The third-order valence-corrected chi connectivity index (χ3v) is 3.08. The van der Waals surface area contributed by atoms with Crippen molar-refractivity contribution in [2.75, 3.05) is 25.1 Å². The van der Waals surface area contributed by atoms with Crippen molar-refractivity contribution in [3.05, 3.63) is 17.5 Å². The summed E-state index contributed by atoms with van der Waals surface area (Å²) < 4.78 is 4.95. The lowest BCUT2D eigenvalue weighted by Gasteiger charge is -2.37. The molecule has 0 aliphatic carbocycles. The van der Waals surface area contributed by atoms with E-state index in [9.17, 15) is 4.79 Å². The number of aliphatic hydroxyl groups is 1. The Balaban J connectivity index is 2.01. The zero-order valence-corrected chi connectivity index (χ0v) is 8.34. The highest BCUT2D eigenvalue weighted by atomic mass is 32.1. The molecule has 76 valence electrons. The largest absolute Gasteiger partial charge is 0.395 e. The fraction of sp³-hybridized carbons (Fsp3) is 0.444. The predicted molar refractivity (Wildman–Crippen MR) is 53.3 cm³/mol. The summed E-state index contributed by atoms with van der Waals surface area (Å²) in [7, 11) is 0. The van der Waals surface area contributed by atoms with Crippen molar-refractivity contribution in [2.24, 2.45) is 5.41 Å². The minimum atomic E-state index is -0.718. The molecule has 4 nitrogen and oxygen atoms in total. The van der Waals surface area contributed by atoms with Crippen LogP contribution in [0.25, 0.3) is 0 Å². The molecule has 0 radical (unpaired) electrons. The molecule has 2 rings (SSSR count). The van der Waals surface area contributed by atoms with Gasteiger partial charge in [-0.15, -0.1) is 11.3 Å². The molecule has 1 fully saturated rings. The summed E-state index contributed by atoms with van der Waals surface area (Å²) in [5.41, 5.74) is -0.718. The van der Waals surface area contributed by atoms with Crippen molar-refractivity contribution in [2.45, 2.75) is 0 Å². The Kier molecular flexibility index (Phi) is 2.54. The molecule has 0 aromatic carbocycles. The molecule has 0 saturated carbocycles. The molecule has 0 bridgehead atoms. The average Bonchev–Trinajstić information content (AvgIpc) is 2.55. The van der Waals surface area contributed by atoms with E-state index in [-0.39, 0.29) is 12.5 Å². The Morgan fingerprint density at radius 1 is 1.71 bits per heavy atom. The second-order valence-electron chi connectivity index (χ2n) is 3.36. The van der Waals surface area contributed by atoms with Gasteiger partial charge in [0, 0.05) is 0 Å². The number of amides is 1. The van der Waals surface area contributed by atoms with E-state index in [4.69, 9.17) is 9.84 Å². The number of anilines is 1. The van der Waals surface area contributed by atoms with Crippen LogP contribution in [0.1, 0.15) is 0 Å². The van der Waals surface area contributed by atoms with Crippen LogP contribution in [0.3, 0.4) is 0 Å². The summed E-state index contributed by atoms with van der Waals surface area (Å²) in [6, 6.07) is 3.69. The van der Waals surface area contributed by atoms with Crippen molar-refractivity contribution >= 4 is 22.2 Å². The molecule has 1 amide bonds. The summed E-state index contributed by atoms with van der Waals surface area (Å²) in [5.74, 6) is -0.159. The number of carbonyl (C=O) groups is 1. The Hall–Kier alpha value is -0.910. The van der Waals surface area contributed by atoms with Gasteiger partial charge in [0.2, 0.25) is 5.91 Å². The molecule has 2 heterocycles. The lowest BCUT2D eigenvalue weighted by atomic mass is 9.86. The van der Waals surface area contributed by atoms with Crippen molar-refractivity contribution in [3.63, 3.8) is 0 Å². The van der Waals surface area contributed by atoms with Gasteiger partial charge in [-0.05, 0) is 17.5 Å². The predicted octanol–water partition coefficient (Wildman–Crippen LogP) is 0.696. The standard InChI is InChI=1S/C9H11NO3S/c11-4-9(5-13-6-9)8(12)10-7-2-1-3-14-7/h1-3,11H,4-6H2,(H,10,12). The molecule has 1 aromatic heterocycles. The van der Waals surface area contributed by atoms with Crippen LogP contribution in [-0.2, 0) is 9.53 Å². The number of aliphatic hydroxyl groups excluding tert-OH is 1. The molecular weight excluding hydrogens is 202 g/mol. The fourth-order valence-corrected chi connectivity index (χ4v) is 1.85. The number of carbonyl (C=O) groups excluding carboxylic acids is 1. The van der Waals surface area contributed by atoms with Crippen LogP contribution in [0.5, 0.6) is 0 Å². The first kappa shape index (κ1) is 9.64. The van der Waals surface area contributed by atoms with E-state index in [1.165, 1.54) is 11.3 Å². The van der Waals surface area contributed by atoms with Gasteiger partial charge < -0.3 is 15.2 Å². The maximum Gasteiger partial charge on any atom is 0.238 e. The number of hydrogen-bond donors (Lipinski definition) is 2. The van der Waals surface area contributed by atoms with Crippen molar-refractivity contribution in [1.29, 1.82) is 0 Å². The molecule has 0 atom stereocenters. The fourth-order valence-electron chi connectivity index (χ4n) is 1.24. The Morgan fingerprint density at radius 2 is 2.50 bits per heavy atom. The van der Waals surface area contributed by atoms with Crippen LogP contribution in [0.4, 0.5) is 5.00 Å². The Bertz CT molecular complexity index is 313. The molecule has 0 spiro atoms. The van der Waals surface area contributed by atoms with Gasteiger partial charge in [-0.25, -0.2) is 0 Å². The summed E-state index contributed by atoms with van der Waals surface area (Å²) >= 11 is 1.46. The van der Waals surface area contributed by atoms with Crippen LogP contribution < -0.4 is 5.32 Å². The summed E-state index contributed by atoms with van der Waals surface area (Å²) in [6.07, 6.45) is 0. The van der Waals surface area contributed by atoms with Gasteiger partial charge in [0.15, 0.2) is 0 Å². The van der Waals surface area contributed by atoms with E-state index in [0.29, 0.717) is 13.2 Å². The summed E-state index contributed by atoms with van der Waals surface area (Å²) in [5, 5.41) is 14.5. The van der Waals surface area contributed by atoms with Gasteiger partial charge in [0.1, 0.15) is 5.41 Å². The number of nitrogens with one attached hydrogen (secondary N) is 1. The van der Waals surface area contributed by atoms with Gasteiger partial charge >= 0.3 is 0 Å². The van der Waals surface area contributed by atoms with Crippen LogP contribution >= 0.6 is 11.3 Å². The van der Waals surface area contributed by atoms with E-state index in [2.05, 4.69) is 5.32 Å².